The fourth-order valence-corrected chi connectivity index (χ4v) is 3.59. The molecule has 25 heavy (non-hydrogen) atoms. The van der Waals surface area contributed by atoms with Crippen molar-refractivity contribution in [3.05, 3.63) is 30.1 Å². The van der Waals surface area contributed by atoms with E-state index in [4.69, 9.17) is 4.74 Å². The number of likely N-dealkylation sites (tertiary alicyclic amines) is 1. The van der Waals surface area contributed by atoms with Crippen molar-refractivity contribution in [2.24, 2.45) is 5.92 Å². The topological polar surface area (TPSA) is 44.8 Å². The van der Waals surface area contributed by atoms with Gasteiger partial charge in [-0.3, -0.25) is 9.69 Å². The van der Waals surface area contributed by atoms with Crippen molar-refractivity contribution in [1.29, 1.82) is 0 Å². The van der Waals surface area contributed by atoms with Crippen LogP contribution in [0.1, 0.15) is 19.3 Å². The molecule has 1 aromatic rings. The minimum Gasteiger partial charge on any atom is -0.379 e. The summed E-state index contributed by atoms with van der Waals surface area (Å²) < 4.78 is 18.5. The van der Waals surface area contributed by atoms with Crippen molar-refractivity contribution >= 4 is 11.6 Å². The average molecular weight is 349 g/mol. The lowest BCUT2D eigenvalue weighted by atomic mass is 9.96. The highest BCUT2D eigenvalue weighted by atomic mass is 19.1. The molecule has 0 unspecified atom stereocenters. The summed E-state index contributed by atoms with van der Waals surface area (Å²) in [6.45, 7) is 7.90. The van der Waals surface area contributed by atoms with Gasteiger partial charge in [0.25, 0.3) is 0 Å². The molecular formula is C19H28FN3O2. The number of carbonyl (C=O) groups is 1. The van der Waals surface area contributed by atoms with Crippen molar-refractivity contribution in [3.8, 4) is 0 Å². The molecule has 138 valence electrons. The number of rotatable bonds is 6. The van der Waals surface area contributed by atoms with Crippen LogP contribution in [-0.2, 0) is 9.53 Å². The van der Waals surface area contributed by atoms with Gasteiger partial charge < -0.3 is 15.0 Å². The van der Waals surface area contributed by atoms with Crippen LogP contribution in [0.15, 0.2) is 24.3 Å². The van der Waals surface area contributed by atoms with Crippen LogP contribution in [0, 0.1) is 11.7 Å². The SMILES string of the molecule is O=C(CCN1CCC(CN2CCOCC2)CC1)Nc1cccc(F)c1. The van der Waals surface area contributed by atoms with E-state index in [1.165, 1.54) is 31.5 Å². The second-order valence-corrected chi connectivity index (χ2v) is 7.01. The molecule has 5 nitrogen and oxygen atoms in total. The molecule has 3 rings (SSSR count). The molecular weight excluding hydrogens is 321 g/mol. The highest BCUT2D eigenvalue weighted by Crippen LogP contribution is 2.19. The van der Waals surface area contributed by atoms with Crippen LogP contribution in [0.4, 0.5) is 10.1 Å². The third-order valence-corrected chi connectivity index (χ3v) is 5.09. The normalized spacial score (nSPS) is 20.5. The molecule has 0 radical (unpaired) electrons. The van der Waals surface area contributed by atoms with E-state index in [2.05, 4.69) is 15.1 Å². The molecule has 2 saturated heterocycles. The Balaban J connectivity index is 1.32. The molecule has 1 amide bonds. The molecule has 0 bridgehead atoms. The van der Waals surface area contributed by atoms with Crippen LogP contribution in [0.3, 0.4) is 0 Å². The Morgan fingerprint density at radius 2 is 1.92 bits per heavy atom. The average Bonchev–Trinajstić information content (AvgIpc) is 2.62. The molecule has 2 aliphatic rings. The molecule has 2 fully saturated rings. The van der Waals surface area contributed by atoms with E-state index in [0.29, 0.717) is 12.1 Å². The lowest BCUT2D eigenvalue weighted by molar-refractivity contribution is -0.116. The van der Waals surface area contributed by atoms with Crippen molar-refractivity contribution < 1.29 is 13.9 Å². The number of carbonyl (C=O) groups excluding carboxylic acids is 1. The summed E-state index contributed by atoms with van der Waals surface area (Å²) in [6.07, 6.45) is 2.84. The largest absolute Gasteiger partial charge is 0.379 e. The van der Waals surface area contributed by atoms with Gasteiger partial charge in [0.1, 0.15) is 5.82 Å². The monoisotopic (exact) mass is 349 g/mol. The first-order valence-corrected chi connectivity index (χ1v) is 9.27. The number of halogens is 1. The number of piperidine rings is 1. The van der Waals surface area contributed by atoms with Gasteiger partial charge in [-0.25, -0.2) is 4.39 Å². The number of nitrogens with zero attached hydrogens (tertiary/aromatic N) is 2. The van der Waals surface area contributed by atoms with Crippen molar-refractivity contribution in [2.45, 2.75) is 19.3 Å². The van der Waals surface area contributed by atoms with Gasteiger partial charge >= 0.3 is 0 Å². The van der Waals surface area contributed by atoms with E-state index >= 15 is 0 Å². The first-order chi connectivity index (χ1) is 12.2. The summed E-state index contributed by atoms with van der Waals surface area (Å²) in [5.41, 5.74) is 0.522. The zero-order chi connectivity index (χ0) is 17.5. The number of anilines is 1. The second-order valence-electron chi connectivity index (χ2n) is 7.01. The summed E-state index contributed by atoms with van der Waals surface area (Å²) in [5, 5.41) is 2.76. The first kappa shape index (κ1) is 18.3. The number of nitrogens with one attached hydrogen (secondary N) is 1. The number of amides is 1. The van der Waals surface area contributed by atoms with E-state index in [9.17, 15) is 9.18 Å². The van der Waals surface area contributed by atoms with E-state index < -0.39 is 0 Å². The van der Waals surface area contributed by atoms with Gasteiger partial charge in [0, 0.05) is 38.3 Å². The summed E-state index contributed by atoms with van der Waals surface area (Å²) in [6, 6.07) is 6.02. The number of benzene rings is 1. The molecule has 0 spiro atoms. The van der Waals surface area contributed by atoms with Crippen LogP contribution in [0.5, 0.6) is 0 Å². The number of hydrogen-bond donors (Lipinski definition) is 1. The Morgan fingerprint density at radius 1 is 1.16 bits per heavy atom. The fourth-order valence-electron chi connectivity index (χ4n) is 3.59. The van der Waals surface area contributed by atoms with Gasteiger partial charge in [-0.15, -0.1) is 0 Å². The lowest BCUT2D eigenvalue weighted by Gasteiger charge is -2.36. The quantitative estimate of drug-likeness (QED) is 0.855. The van der Waals surface area contributed by atoms with E-state index in [0.717, 1.165) is 51.9 Å². The Morgan fingerprint density at radius 3 is 2.64 bits per heavy atom. The highest BCUT2D eigenvalue weighted by molar-refractivity contribution is 5.90. The van der Waals surface area contributed by atoms with Crippen LogP contribution in [0.2, 0.25) is 0 Å². The number of ether oxygens (including phenoxy) is 1. The molecule has 0 saturated carbocycles. The second kappa shape index (κ2) is 9.27. The maximum absolute atomic E-state index is 13.1. The van der Waals surface area contributed by atoms with Crippen molar-refractivity contribution in [2.75, 3.05) is 57.8 Å². The summed E-state index contributed by atoms with van der Waals surface area (Å²) >= 11 is 0. The predicted octanol–water partition coefficient (Wildman–Crippen LogP) is 2.20. The zero-order valence-corrected chi connectivity index (χ0v) is 14.8. The summed E-state index contributed by atoms with van der Waals surface area (Å²) in [5.74, 6) is 0.372. The molecule has 1 aromatic carbocycles. The smallest absolute Gasteiger partial charge is 0.225 e. The van der Waals surface area contributed by atoms with Gasteiger partial charge in [-0.05, 0) is 50.0 Å². The minimum atomic E-state index is -0.333. The van der Waals surface area contributed by atoms with Crippen molar-refractivity contribution in [1.82, 2.24) is 9.80 Å². The molecule has 2 heterocycles. The van der Waals surface area contributed by atoms with Crippen LogP contribution < -0.4 is 5.32 Å². The lowest BCUT2D eigenvalue weighted by Crippen LogP contribution is -2.43. The fraction of sp³-hybridized carbons (Fsp3) is 0.632. The van der Waals surface area contributed by atoms with Crippen LogP contribution in [0.25, 0.3) is 0 Å². The van der Waals surface area contributed by atoms with Gasteiger partial charge in [0.05, 0.1) is 13.2 Å². The Hall–Kier alpha value is -1.50. The maximum Gasteiger partial charge on any atom is 0.225 e. The van der Waals surface area contributed by atoms with Gasteiger partial charge in [0.2, 0.25) is 5.91 Å². The molecule has 0 aliphatic carbocycles. The van der Waals surface area contributed by atoms with Crippen molar-refractivity contribution in [3.63, 3.8) is 0 Å². The van der Waals surface area contributed by atoms with Gasteiger partial charge in [-0.1, -0.05) is 6.07 Å². The molecule has 1 N–H and O–H groups in total. The number of morpholine rings is 1. The minimum absolute atomic E-state index is 0.0546. The van der Waals surface area contributed by atoms with Crippen LogP contribution in [-0.4, -0.2) is 68.2 Å². The molecule has 0 aromatic heterocycles. The number of hydrogen-bond acceptors (Lipinski definition) is 4. The van der Waals surface area contributed by atoms with Gasteiger partial charge in [0.15, 0.2) is 0 Å². The third-order valence-electron chi connectivity index (χ3n) is 5.09. The predicted molar refractivity (Wildman–Crippen MR) is 96.1 cm³/mol. The maximum atomic E-state index is 13.1. The highest BCUT2D eigenvalue weighted by Gasteiger charge is 2.22. The third kappa shape index (κ3) is 6.06. The van der Waals surface area contributed by atoms with E-state index in [-0.39, 0.29) is 11.7 Å². The zero-order valence-electron chi connectivity index (χ0n) is 14.8. The summed E-state index contributed by atoms with van der Waals surface area (Å²) in [7, 11) is 0. The summed E-state index contributed by atoms with van der Waals surface area (Å²) in [4.78, 5) is 16.9. The van der Waals surface area contributed by atoms with Crippen LogP contribution >= 0.6 is 0 Å². The van der Waals surface area contributed by atoms with Gasteiger partial charge in [-0.2, -0.15) is 0 Å². The molecule has 0 atom stereocenters. The Bertz CT molecular complexity index is 555. The Kier molecular flexibility index (Phi) is 6.78. The van der Waals surface area contributed by atoms with E-state index in [1.807, 2.05) is 0 Å². The Labute approximate surface area is 149 Å². The first-order valence-electron chi connectivity index (χ1n) is 9.27. The van der Waals surface area contributed by atoms with E-state index in [1.54, 1.807) is 12.1 Å². The molecule has 2 aliphatic heterocycles. The molecule has 6 heteroatoms. The standard InChI is InChI=1S/C19H28FN3O2/c20-17-2-1-3-18(14-17)21-19(24)6-9-22-7-4-16(5-8-22)15-23-10-12-25-13-11-23/h1-3,14,16H,4-13,15H2,(H,21,24).